The van der Waals surface area contributed by atoms with Gasteiger partial charge in [0.05, 0.1) is 38.2 Å². The molecule has 8 heteroatoms. The van der Waals surface area contributed by atoms with Gasteiger partial charge in [-0.3, -0.25) is 4.79 Å². The Labute approximate surface area is 183 Å². The summed E-state index contributed by atoms with van der Waals surface area (Å²) < 4.78 is 10.7. The largest absolute Gasteiger partial charge is 0.497 e. The van der Waals surface area contributed by atoms with Gasteiger partial charge < -0.3 is 24.6 Å². The maximum Gasteiger partial charge on any atom is 0.223 e. The number of carbonyl (C=O) groups is 1. The van der Waals surface area contributed by atoms with E-state index in [9.17, 15) is 4.79 Å². The maximum atomic E-state index is 12.9. The SMILES string of the molecule is COc1ccc(C(C)NC(=O)C2CCN(c3cncnc3N3CCOCC3)CC2)cc1. The van der Waals surface area contributed by atoms with E-state index in [-0.39, 0.29) is 17.9 Å². The van der Waals surface area contributed by atoms with Gasteiger partial charge in [-0.15, -0.1) is 0 Å². The number of nitrogens with one attached hydrogen (secondary N) is 1. The summed E-state index contributed by atoms with van der Waals surface area (Å²) in [4.78, 5) is 26.2. The third kappa shape index (κ3) is 5.07. The van der Waals surface area contributed by atoms with Gasteiger partial charge in [-0.25, -0.2) is 9.97 Å². The number of hydrogen-bond acceptors (Lipinski definition) is 7. The van der Waals surface area contributed by atoms with E-state index < -0.39 is 0 Å². The molecule has 2 aliphatic rings. The van der Waals surface area contributed by atoms with Crippen molar-refractivity contribution in [1.29, 1.82) is 0 Å². The van der Waals surface area contributed by atoms with E-state index in [2.05, 4.69) is 25.1 Å². The molecule has 31 heavy (non-hydrogen) atoms. The monoisotopic (exact) mass is 425 g/mol. The second kappa shape index (κ2) is 9.96. The van der Waals surface area contributed by atoms with Gasteiger partial charge in [0.15, 0.2) is 5.82 Å². The molecule has 0 saturated carbocycles. The number of methoxy groups -OCH3 is 1. The molecule has 1 aromatic carbocycles. The highest BCUT2D eigenvalue weighted by Crippen LogP contribution is 2.30. The quantitative estimate of drug-likeness (QED) is 0.761. The summed E-state index contributed by atoms with van der Waals surface area (Å²) in [6, 6.07) is 7.80. The fourth-order valence-corrected chi connectivity index (χ4v) is 4.25. The number of piperidine rings is 1. The van der Waals surface area contributed by atoms with Crippen LogP contribution in [0, 0.1) is 5.92 Å². The second-order valence-electron chi connectivity index (χ2n) is 8.10. The number of anilines is 2. The fraction of sp³-hybridized carbons (Fsp3) is 0.522. The van der Waals surface area contributed by atoms with Crippen molar-refractivity contribution in [2.75, 3.05) is 56.3 Å². The van der Waals surface area contributed by atoms with Crippen molar-refractivity contribution in [2.24, 2.45) is 5.92 Å². The first-order valence-corrected chi connectivity index (χ1v) is 11.0. The molecule has 1 N–H and O–H groups in total. The zero-order chi connectivity index (χ0) is 21.6. The predicted molar refractivity (Wildman–Crippen MR) is 120 cm³/mol. The Balaban J connectivity index is 1.34. The van der Waals surface area contributed by atoms with Crippen LogP contribution in [0.15, 0.2) is 36.8 Å². The maximum absolute atomic E-state index is 12.9. The molecule has 4 rings (SSSR count). The summed E-state index contributed by atoms with van der Waals surface area (Å²) >= 11 is 0. The van der Waals surface area contributed by atoms with Gasteiger partial charge in [0.1, 0.15) is 12.1 Å². The van der Waals surface area contributed by atoms with Crippen LogP contribution in [0.1, 0.15) is 31.4 Å². The average molecular weight is 426 g/mol. The normalized spacial score (nSPS) is 18.5. The van der Waals surface area contributed by atoms with Crippen molar-refractivity contribution in [3.05, 3.63) is 42.4 Å². The highest BCUT2D eigenvalue weighted by molar-refractivity contribution is 5.79. The Morgan fingerprint density at radius 3 is 2.52 bits per heavy atom. The van der Waals surface area contributed by atoms with E-state index in [1.165, 1.54) is 0 Å². The molecule has 1 atom stereocenters. The number of carbonyl (C=O) groups excluding carboxylic acids is 1. The topological polar surface area (TPSA) is 79.8 Å². The van der Waals surface area contributed by atoms with Gasteiger partial charge in [-0.05, 0) is 37.5 Å². The minimum absolute atomic E-state index is 0.0217. The number of benzene rings is 1. The summed E-state index contributed by atoms with van der Waals surface area (Å²) in [5.41, 5.74) is 2.12. The summed E-state index contributed by atoms with van der Waals surface area (Å²) in [6.45, 7) is 6.78. The van der Waals surface area contributed by atoms with Crippen LogP contribution in [0.25, 0.3) is 0 Å². The number of hydrogen-bond donors (Lipinski definition) is 1. The van der Waals surface area contributed by atoms with Crippen molar-refractivity contribution in [2.45, 2.75) is 25.8 Å². The fourth-order valence-electron chi connectivity index (χ4n) is 4.25. The molecule has 0 aliphatic carbocycles. The summed E-state index contributed by atoms with van der Waals surface area (Å²) in [5.74, 6) is 1.93. The first-order valence-electron chi connectivity index (χ1n) is 11.0. The number of ether oxygens (including phenoxy) is 2. The van der Waals surface area contributed by atoms with E-state index in [1.807, 2.05) is 37.4 Å². The smallest absolute Gasteiger partial charge is 0.223 e. The minimum atomic E-state index is -0.0353. The van der Waals surface area contributed by atoms with Gasteiger partial charge >= 0.3 is 0 Å². The van der Waals surface area contributed by atoms with Crippen molar-refractivity contribution < 1.29 is 14.3 Å². The zero-order valence-electron chi connectivity index (χ0n) is 18.3. The molecule has 0 spiro atoms. The van der Waals surface area contributed by atoms with E-state index in [0.29, 0.717) is 0 Å². The third-order valence-corrected chi connectivity index (χ3v) is 6.16. The zero-order valence-corrected chi connectivity index (χ0v) is 18.3. The lowest BCUT2D eigenvalue weighted by Crippen LogP contribution is -2.43. The minimum Gasteiger partial charge on any atom is -0.497 e. The molecule has 8 nitrogen and oxygen atoms in total. The van der Waals surface area contributed by atoms with Crippen molar-refractivity contribution in [1.82, 2.24) is 15.3 Å². The predicted octanol–water partition coefficient (Wildman–Crippen LogP) is 2.42. The Bertz CT molecular complexity index is 862. The molecule has 166 valence electrons. The first kappa shape index (κ1) is 21.4. The molecule has 1 aromatic heterocycles. The van der Waals surface area contributed by atoms with Crippen LogP contribution in [0.4, 0.5) is 11.5 Å². The van der Waals surface area contributed by atoms with E-state index in [4.69, 9.17) is 9.47 Å². The second-order valence-corrected chi connectivity index (χ2v) is 8.10. The average Bonchev–Trinajstić information content (AvgIpc) is 2.84. The van der Waals surface area contributed by atoms with Crippen molar-refractivity contribution in [3.8, 4) is 5.75 Å². The Kier molecular flexibility index (Phi) is 6.86. The number of morpholine rings is 1. The molecular formula is C23H31N5O3. The molecule has 3 heterocycles. The Hall–Kier alpha value is -2.87. The van der Waals surface area contributed by atoms with Crippen LogP contribution < -0.4 is 19.9 Å². The highest BCUT2D eigenvalue weighted by Gasteiger charge is 2.28. The molecule has 2 aromatic rings. The van der Waals surface area contributed by atoms with Crippen molar-refractivity contribution in [3.63, 3.8) is 0 Å². The molecule has 1 amide bonds. The Morgan fingerprint density at radius 2 is 1.84 bits per heavy atom. The van der Waals surface area contributed by atoms with Crippen LogP contribution in [-0.2, 0) is 9.53 Å². The van der Waals surface area contributed by atoms with Gasteiger partial charge in [0, 0.05) is 32.1 Å². The summed E-state index contributed by atoms with van der Waals surface area (Å²) in [5, 5.41) is 3.18. The molecule has 0 bridgehead atoms. The lowest BCUT2D eigenvalue weighted by Gasteiger charge is -2.36. The lowest BCUT2D eigenvalue weighted by molar-refractivity contribution is -0.126. The van der Waals surface area contributed by atoms with Crippen LogP contribution in [0.2, 0.25) is 0 Å². The van der Waals surface area contributed by atoms with E-state index in [1.54, 1.807) is 13.4 Å². The first-order chi connectivity index (χ1) is 15.2. The molecule has 0 radical (unpaired) electrons. The number of amides is 1. The third-order valence-electron chi connectivity index (χ3n) is 6.16. The standard InChI is InChI=1S/C23H31N5O3/c1-17(18-3-5-20(30-2)6-4-18)26-23(29)19-7-9-27(10-8-19)21-15-24-16-25-22(21)28-11-13-31-14-12-28/h3-6,15-17,19H,7-14H2,1-2H3,(H,26,29). The molecular weight excluding hydrogens is 394 g/mol. The Morgan fingerprint density at radius 1 is 1.13 bits per heavy atom. The van der Waals surface area contributed by atoms with Crippen LogP contribution in [-0.4, -0.2) is 62.4 Å². The summed E-state index contributed by atoms with van der Waals surface area (Å²) in [6.07, 6.45) is 5.14. The van der Waals surface area contributed by atoms with Gasteiger partial charge in [0.25, 0.3) is 0 Å². The molecule has 2 fully saturated rings. The van der Waals surface area contributed by atoms with E-state index in [0.717, 1.165) is 75.1 Å². The summed E-state index contributed by atoms with van der Waals surface area (Å²) in [7, 11) is 1.65. The number of nitrogens with zero attached hydrogens (tertiary/aromatic N) is 4. The van der Waals surface area contributed by atoms with Crippen molar-refractivity contribution >= 4 is 17.4 Å². The van der Waals surface area contributed by atoms with Gasteiger partial charge in [-0.1, -0.05) is 12.1 Å². The van der Waals surface area contributed by atoms with Crippen LogP contribution in [0.5, 0.6) is 5.75 Å². The van der Waals surface area contributed by atoms with Crippen LogP contribution >= 0.6 is 0 Å². The van der Waals surface area contributed by atoms with Gasteiger partial charge in [0.2, 0.25) is 5.91 Å². The lowest BCUT2D eigenvalue weighted by atomic mass is 9.95. The molecule has 1 unspecified atom stereocenters. The molecule has 2 aliphatic heterocycles. The van der Waals surface area contributed by atoms with Gasteiger partial charge in [-0.2, -0.15) is 0 Å². The number of aromatic nitrogens is 2. The van der Waals surface area contributed by atoms with E-state index >= 15 is 0 Å². The molecule has 2 saturated heterocycles. The van der Waals surface area contributed by atoms with Crippen LogP contribution in [0.3, 0.4) is 0 Å². The highest BCUT2D eigenvalue weighted by atomic mass is 16.5. The number of rotatable bonds is 6.